The van der Waals surface area contributed by atoms with Crippen LogP contribution < -0.4 is 0 Å². The van der Waals surface area contributed by atoms with Gasteiger partial charge in [0.05, 0.1) is 34.4 Å². The van der Waals surface area contributed by atoms with Gasteiger partial charge in [-0.3, -0.25) is 9.59 Å². The van der Waals surface area contributed by atoms with Crippen molar-refractivity contribution in [2.75, 3.05) is 18.6 Å². The second-order valence-corrected chi connectivity index (χ2v) is 9.42. The molecule has 1 atom stereocenters. The Labute approximate surface area is 193 Å². The number of hydrogen-bond acceptors (Lipinski definition) is 6. The molecule has 1 aromatic heterocycles. The van der Waals surface area contributed by atoms with Crippen LogP contribution in [0.25, 0.3) is 23.1 Å². The first-order valence-corrected chi connectivity index (χ1v) is 11.8. The van der Waals surface area contributed by atoms with E-state index in [1.807, 2.05) is 66.7 Å². The first-order chi connectivity index (χ1) is 14.9. The molecule has 8 heteroatoms. The molecule has 0 aliphatic heterocycles. The van der Waals surface area contributed by atoms with Crippen molar-refractivity contribution < 1.29 is 19.4 Å². The molecule has 3 aromatic rings. The summed E-state index contributed by atoms with van der Waals surface area (Å²) in [6.07, 6.45) is 3.87. The van der Waals surface area contributed by atoms with E-state index >= 15 is 0 Å². The smallest absolute Gasteiger partial charge is 0.315 e. The Morgan fingerprint density at radius 2 is 1.87 bits per heavy atom. The predicted octanol–water partition coefficient (Wildman–Crippen LogP) is 5.78. The maximum atomic E-state index is 11.5. The van der Waals surface area contributed by atoms with Crippen molar-refractivity contribution in [2.24, 2.45) is 0 Å². The Hall–Kier alpha value is -2.48. The fourth-order valence-electron chi connectivity index (χ4n) is 2.78. The van der Waals surface area contributed by atoms with Crippen LogP contribution in [-0.2, 0) is 14.3 Å². The number of nitrogens with zero attached hydrogens (tertiary/aromatic N) is 1. The van der Waals surface area contributed by atoms with Crippen molar-refractivity contribution in [1.29, 1.82) is 0 Å². The lowest BCUT2D eigenvalue weighted by molar-refractivity contribution is -0.137. The number of carboxylic acids is 1. The molecule has 1 N–H and O–H groups in total. The number of aliphatic carboxylic acids is 1. The second kappa shape index (κ2) is 11.2. The van der Waals surface area contributed by atoms with Gasteiger partial charge in [-0.15, -0.1) is 23.5 Å². The van der Waals surface area contributed by atoms with Crippen molar-refractivity contribution in [2.45, 2.75) is 4.58 Å². The predicted molar refractivity (Wildman–Crippen MR) is 129 cm³/mol. The number of methoxy groups -OCH3 is 1. The standard InChI is InChI=1S/C23H20ClNO4S2/c1-29-22(28)14-31-23(30-13-21(26)27)17-4-2-3-15(11-17)5-9-19-10-7-16-6-8-18(24)12-20(16)25-19/h2-12,23H,13-14H2,1H3,(H,26,27)/b9-5+/t23-/m0/s1. The van der Waals surface area contributed by atoms with E-state index < -0.39 is 5.97 Å². The van der Waals surface area contributed by atoms with E-state index in [9.17, 15) is 9.59 Å². The largest absolute Gasteiger partial charge is 0.481 e. The number of carbonyl (C=O) groups excluding carboxylic acids is 1. The number of esters is 1. The van der Waals surface area contributed by atoms with Crippen molar-refractivity contribution >= 4 is 70.1 Å². The van der Waals surface area contributed by atoms with Gasteiger partial charge in [-0.1, -0.05) is 48.0 Å². The third kappa shape index (κ3) is 7.02. The number of rotatable bonds is 9. The SMILES string of the molecule is COC(=O)CS[C@H](SCC(=O)O)c1cccc(/C=C/c2ccc3ccc(Cl)cc3n2)c1. The maximum Gasteiger partial charge on any atom is 0.315 e. The summed E-state index contributed by atoms with van der Waals surface area (Å²) < 4.78 is 4.50. The lowest BCUT2D eigenvalue weighted by Gasteiger charge is -2.16. The molecule has 0 saturated carbocycles. The number of thioether (sulfide) groups is 2. The van der Waals surface area contributed by atoms with E-state index in [2.05, 4.69) is 4.98 Å². The Bertz CT molecular complexity index is 1120. The average molecular weight is 474 g/mol. The Kier molecular flexibility index (Phi) is 8.40. The highest BCUT2D eigenvalue weighted by molar-refractivity contribution is 8.16. The Morgan fingerprint density at radius 1 is 1.10 bits per heavy atom. The molecule has 0 aliphatic carbocycles. The number of hydrogen-bond donors (Lipinski definition) is 1. The molecule has 2 aromatic carbocycles. The summed E-state index contributed by atoms with van der Waals surface area (Å²) in [7, 11) is 1.34. The fourth-order valence-corrected chi connectivity index (χ4v) is 5.12. The van der Waals surface area contributed by atoms with Crippen LogP contribution in [0.15, 0.2) is 54.6 Å². The first-order valence-electron chi connectivity index (χ1n) is 9.31. The zero-order chi connectivity index (χ0) is 22.2. The van der Waals surface area contributed by atoms with Crippen LogP contribution in [0.5, 0.6) is 0 Å². The number of ether oxygens (including phenoxy) is 1. The quantitative estimate of drug-likeness (QED) is 0.311. The highest BCUT2D eigenvalue weighted by Crippen LogP contribution is 2.39. The fraction of sp³-hybridized carbons (Fsp3) is 0.174. The molecule has 0 spiro atoms. The lowest BCUT2D eigenvalue weighted by atomic mass is 10.1. The van der Waals surface area contributed by atoms with Crippen LogP contribution >= 0.6 is 35.1 Å². The van der Waals surface area contributed by atoms with Crippen LogP contribution in [0.1, 0.15) is 21.4 Å². The van der Waals surface area contributed by atoms with E-state index in [1.54, 1.807) is 0 Å². The van der Waals surface area contributed by atoms with Crippen molar-refractivity contribution in [3.05, 3.63) is 76.4 Å². The summed E-state index contributed by atoms with van der Waals surface area (Å²) in [6.45, 7) is 0. The van der Waals surface area contributed by atoms with Gasteiger partial charge in [0.2, 0.25) is 0 Å². The molecule has 0 saturated heterocycles. The van der Waals surface area contributed by atoms with Gasteiger partial charge in [0.15, 0.2) is 0 Å². The van der Waals surface area contributed by atoms with Gasteiger partial charge < -0.3 is 9.84 Å². The van der Waals surface area contributed by atoms with Crippen LogP contribution in [-0.4, -0.2) is 40.6 Å². The van der Waals surface area contributed by atoms with Crippen molar-refractivity contribution in [3.63, 3.8) is 0 Å². The topological polar surface area (TPSA) is 76.5 Å². The summed E-state index contributed by atoms with van der Waals surface area (Å²) in [5.74, 6) is -1.14. The van der Waals surface area contributed by atoms with Gasteiger partial charge in [0.25, 0.3) is 0 Å². The molecular formula is C23H20ClNO4S2. The zero-order valence-electron chi connectivity index (χ0n) is 16.7. The molecule has 0 radical (unpaired) electrons. The number of carboxylic acid groups (broad SMARTS) is 1. The van der Waals surface area contributed by atoms with E-state index in [0.717, 1.165) is 27.7 Å². The first kappa shape index (κ1) is 23.2. The van der Waals surface area contributed by atoms with Crippen LogP contribution in [0.3, 0.4) is 0 Å². The molecule has 0 aliphatic rings. The van der Waals surface area contributed by atoms with Gasteiger partial charge in [-0.2, -0.15) is 0 Å². The Balaban J connectivity index is 1.79. The molecule has 0 bridgehead atoms. The number of pyridine rings is 1. The lowest BCUT2D eigenvalue weighted by Crippen LogP contribution is -2.06. The van der Waals surface area contributed by atoms with Gasteiger partial charge in [-0.25, -0.2) is 4.98 Å². The molecule has 31 heavy (non-hydrogen) atoms. The van der Waals surface area contributed by atoms with Gasteiger partial charge in [0, 0.05) is 10.4 Å². The van der Waals surface area contributed by atoms with Gasteiger partial charge >= 0.3 is 11.9 Å². The van der Waals surface area contributed by atoms with Crippen LogP contribution in [0, 0.1) is 0 Å². The highest BCUT2D eigenvalue weighted by atomic mass is 35.5. The van der Waals surface area contributed by atoms with Crippen LogP contribution in [0.4, 0.5) is 0 Å². The summed E-state index contributed by atoms with van der Waals surface area (Å²) in [5.41, 5.74) is 3.51. The van der Waals surface area contributed by atoms with Crippen molar-refractivity contribution in [3.8, 4) is 0 Å². The normalized spacial score (nSPS) is 12.2. The maximum absolute atomic E-state index is 11.5. The zero-order valence-corrected chi connectivity index (χ0v) is 19.0. The average Bonchev–Trinajstić information content (AvgIpc) is 2.77. The minimum Gasteiger partial charge on any atom is -0.481 e. The number of benzene rings is 2. The van der Waals surface area contributed by atoms with E-state index in [0.29, 0.717) is 5.02 Å². The minimum absolute atomic E-state index is 0.0531. The molecule has 0 unspecified atom stereocenters. The van der Waals surface area contributed by atoms with E-state index in [1.165, 1.54) is 30.6 Å². The Morgan fingerprint density at radius 3 is 2.65 bits per heavy atom. The summed E-state index contributed by atoms with van der Waals surface area (Å²) in [6, 6.07) is 17.3. The van der Waals surface area contributed by atoms with Gasteiger partial charge in [-0.05, 0) is 41.5 Å². The molecule has 0 amide bonds. The molecule has 1 heterocycles. The monoisotopic (exact) mass is 473 g/mol. The molecule has 0 fully saturated rings. The third-order valence-electron chi connectivity index (χ3n) is 4.24. The summed E-state index contributed by atoms with van der Waals surface area (Å²) >= 11 is 8.68. The number of aromatic nitrogens is 1. The minimum atomic E-state index is -0.896. The van der Waals surface area contributed by atoms with Crippen molar-refractivity contribution in [1.82, 2.24) is 4.98 Å². The molecule has 5 nitrogen and oxygen atoms in total. The van der Waals surface area contributed by atoms with E-state index in [-0.39, 0.29) is 22.1 Å². The van der Waals surface area contributed by atoms with Crippen LogP contribution in [0.2, 0.25) is 5.02 Å². The number of fused-ring (bicyclic) bond motifs is 1. The van der Waals surface area contributed by atoms with E-state index in [4.69, 9.17) is 21.4 Å². The number of carbonyl (C=O) groups is 2. The summed E-state index contributed by atoms with van der Waals surface area (Å²) in [5, 5.41) is 10.7. The number of halogens is 1. The summed E-state index contributed by atoms with van der Waals surface area (Å²) in [4.78, 5) is 27.2. The molecule has 160 valence electrons. The third-order valence-corrected chi connectivity index (χ3v) is 7.26. The molecular weight excluding hydrogens is 454 g/mol. The van der Waals surface area contributed by atoms with Gasteiger partial charge in [0.1, 0.15) is 0 Å². The molecule has 3 rings (SSSR count). The highest BCUT2D eigenvalue weighted by Gasteiger charge is 2.17. The second-order valence-electron chi connectivity index (χ2n) is 6.50.